The molecule has 10 heteroatoms. The van der Waals surface area contributed by atoms with Crippen molar-refractivity contribution in [3.63, 3.8) is 0 Å². The number of carbonyl (C=O) groups is 3. The number of hydrogen-bond acceptors (Lipinski definition) is 7. The predicted molar refractivity (Wildman–Crippen MR) is 120 cm³/mol. The highest BCUT2D eigenvalue weighted by Gasteiger charge is 2.08. The minimum absolute atomic E-state index is 0.0272. The van der Waals surface area contributed by atoms with Crippen LogP contribution in [0.15, 0.2) is 0 Å². The molecular weight excluding hydrogens is 386 g/mol. The van der Waals surface area contributed by atoms with Crippen LogP contribution in [0.25, 0.3) is 0 Å². The molecule has 0 aliphatic rings. The van der Waals surface area contributed by atoms with Crippen molar-refractivity contribution >= 4 is 17.7 Å². The van der Waals surface area contributed by atoms with Crippen molar-refractivity contribution in [3.05, 3.63) is 0 Å². The Morgan fingerprint density at radius 3 is 1.60 bits per heavy atom. The van der Waals surface area contributed by atoms with Gasteiger partial charge in [0.2, 0.25) is 17.7 Å². The van der Waals surface area contributed by atoms with Gasteiger partial charge in [-0.15, -0.1) is 0 Å². The lowest BCUT2D eigenvalue weighted by Gasteiger charge is -2.22. The molecule has 6 N–H and O–H groups in total. The topological polar surface area (TPSA) is 127 Å². The van der Waals surface area contributed by atoms with Gasteiger partial charge in [0.05, 0.1) is 0 Å². The van der Waals surface area contributed by atoms with Crippen molar-refractivity contribution in [2.24, 2.45) is 0 Å². The molecule has 10 nitrogen and oxygen atoms in total. The van der Waals surface area contributed by atoms with Crippen molar-refractivity contribution in [1.29, 1.82) is 0 Å². The molecule has 0 aliphatic carbocycles. The fourth-order valence-electron chi connectivity index (χ4n) is 2.72. The smallest absolute Gasteiger partial charge is 0.221 e. The van der Waals surface area contributed by atoms with E-state index in [1.165, 1.54) is 0 Å². The molecule has 3 amide bonds. The summed E-state index contributed by atoms with van der Waals surface area (Å²) in [5.74, 6) is 0.170. The summed E-state index contributed by atoms with van der Waals surface area (Å²) in [5.41, 5.74) is 0. The quantitative estimate of drug-likeness (QED) is 0.127. The van der Waals surface area contributed by atoms with Crippen molar-refractivity contribution < 1.29 is 14.4 Å². The predicted octanol–water partition coefficient (Wildman–Crippen LogP) is -1.75. The molecule has 0 aliphatic heterocycles. The van der Waals surface area contributed by atoms with E-state index in [4.69, 9.17) is 0 Å². The van der Waals surface area contributed by atoms with Crippen molar-refractivity contribution in [1.82, 2.24) is 36.8 Å². The maximum atomic E-state index is 11.7. The van der Waals surface area contributed by atoms with Gasteiger partial charge in [0.15, 0.2) is 0 Å². The summed E-state index contributed by atoms with van der Waals surface area (Å²) in [6.07, 6.45) is 1.44. The van der Waals surface area contributed by atoms with E-state index < -0.39 is 0 Å². The number of nitrogens with one attached hydrogen (secondary N) is 6. The number of carbonyl (C=O) groups excluding carboxylic acids is 3. The minimum Gasteiger partial charge on any atom is -0.359 e. The van der Waals surface area contributed by atoms with Crippen LogP contribution in [0.4, 0.5) is 0 Å². The lowest BCUT2D eigenvalue weighted by Crippen LogP contribution is -2.40. The summed E-state index contributed by atoms with van der Waals surface area (Å²) in [5, 5.41) is 18.1. The SMILES string of the molecule is CCNC(=O)CCNCCNCCN(CCNCCC(=O)NC)CCC(=O)NCC. The number of amides is 3. The second-order valence-electron chi connectivity index (χ2n) is 6.92. The summed E-state index contributed by atoms with van der Waals surface area (Å²) in [7, 11) is 1.64. The van der Waals surface area contributed by atoms with Gasteiger partial charge in [0.25, 0.3) is 0 Å². The molecule has 0 heterocycles. The lowest BCUT2D eigenvalue weighted by atomic mass is 10.3. The van der Waals surface area contributed by atoms with Crippen molar-refractivity contribution in [2.45, 2.75) is 33.1 Å². The molecule has 176 valence electrons. The second-order valence-corrected chi connectivity index (χ2v) is 6.92. The molecule has 0 rings (SSSR count). The van der Waals surface area contributed by atoms with Gasteiger partial charge in [-0.05, 0) is 13.8 Å². The van der Waals surface area contributed by atoms with Crippen LogP contribution in [0.5, 0.6) is 0 Å². The molecule has 0 aromatic rings. The van der Waals surface area contributed by atoms with Crippen LogP contribution < -0.4 is 31.9 Å². The van der Waals surface area contributed by atoms with Crippen LogP contribution in [0.3, 0.4) is 0 Å². The molecular formula is C20H43N7O3. The van der Waals surface area contributed by atoms with E-state index in [9.17, 15) is 14.4 Å². The highest BCUT2D eigenvalue weighted by Crippen LogP contribution is 1.92. The maximum absolute atomic E-state index is 11.7. The average Bonchev–Trinajstić information content (AvgIpc) is 2.73. The summed E-state index contributed by atoms with van der Waals surface area (Å²) < 4.78 is 0. The van der Waals surface area contributed by atoms with E-state index in [0.29, 0.717) is 52.0 Å². The van der Waals surface area contributed by atoms with E-state index in [1.807, 2.05) is 13.8 Å². The summed E-state index contributed by atoms with van der Waals surface area (Å²) in [4.78, 5) is 36.6. The van der Waals surface area contributed by atoms with Gasteiger partial charge in [-0.2, -0.15) is 0 Å². The highest BCUT2D eigenvalue weighted by molar-refractivity contribution is 5.76. The zero-order chi connectivity index (χ0) is 22.5. The zero-order valence-corrected chi connectivity index (χ0v) is 19.1. The van der Waals surface area contributed by atoms with Crippen LogP contribution in [0.2, 0.25) is 0 Å². The Bertz CT molecular complexity index is 464. The fraction of sp³-hybridized carbons (Fsp3) is 0.850. The molecule has 0 saturated heterocycles. The standard InChI is InChI=1S/C20H43N7O3/c1-4-25-19(29)7-10-22-11-12-24-14-17-27(15-8-20(30)26-5-2)16-13-23-9-6-18(28)21-3/h22-24H,4-17H2,1-3H3,(H,21,28)(H,25,29)(H,26,30). The van der Waals surface area contributed by atoms with Crippen LogP contribution in [0.1, 0.15) is 33.1 Å². The Morgan fingerprint density at radius 2 is 1.07 bits per heavy atom. The van der Waals surface area contributed by atoms with E-state index in [2.05, 4.69) is 36.8 Å². The molecule has 0 aromatic heterocycles. The minimum atomic E-state index is 0.0272. The number of nitrogens with zero attached hydrogens (tertiary/aromatic N) is 1. The van der Waals surface area contributed by atoms with E-state index in [-0.39, 0.29) is 17.7 Å². The Hall–Kier alpha value is -1.75. The average molecular weight is 430 g/mol. The molecule has 0 bridgehead atoms. The van der Waals surface area contributed by atoms with Gasteiger partial charge < -0.3 is 36.8 Å². The van der Waals surface area contributed by atoms with E-state index >= 15 is 0 Å². The van der Waals surface area contributed by atoms with Gasteiger partial charge in [-0.3, -0.25) is 14.4 Å². The first-order chi connectivity index (χ1) is 14.5. The molecule has 0 unspecified atom stereocenters. The summed E-state index contributed by atoms with van der Waals surface area (Å²) in [6, 6.07) is 0. The first kappa shape index (κ1) is 28.2. The van der Waals surface area contributed by atoms with E-state index in [0.717, 1.165) is 39.3 Å². The Morgan fingerprint density at radius 1 is 0.600 bits per heavy atom. The molecule has 0 radical (unpaired) electrons. The third kappa shape index (κ3) is 18.3. The number of hydrogen-bond donors (Lipinski definition) is 6. The van der Waals surface area contributed by atoms with Gasteiger partial charge in [-0.25, -0.2) is 0 Å². The van der Waals surface area contributed by atoms with Gasteiger partial charge >= 0.3 is 0 Å². The Labute approximate surface area is 181 Å². The van der Waals surface area contributed by atoms with Crippen LogP contribution in [-0.2, 0) is 14.4 Å². The maximum Gasteiger partial charge on any atom is 0.221 e. The van der Waals surface area contributed by atoms with Gasteiger partial charge in [0.1, 0.15) is 0 Å². The Kier molecular flexibility index (Phi) is 19.3. The van der Waals surface area contributed by atoms with Gasteiger partial charge in [-0.1, -0.05) is 0 Å². The van der Waals surface area contributed by atoms with Crippen LogP contribution >= 0.6 is 0 Å². The first-order valence-corrected chi connectivity index (χ1v) is 11.1. The third-order valence-corrected chi connectivity index (χ3v) is 4.43. The summed E-state index contributed by atoms with van der Waals surface area (Å²) in [6.45, 7) is 12.1. The molecule has 0 fully saturated rings. The van der Waals surface area contributed by atoms with Gasteiger partial charge in [0, 0.05) is 98.3 Å². The third-order valence-electron chi connectivity index (χ3n) is 4.43. The van der Waals surface area contributed by atoms with Crippen LogP contribution in [-0.4, -0.2) is 102 Å². The van der Waals surface area contributed by atoms with Crippen molar-refractivity contribution in [3.8, 4) is 0 Å². The molecule has 0 atom stereocenters. The summed E-state index contributed by atoms with van der Waals surface area (Å²) >= 11 is 0. The van der Waals surface area contributed by atoms with Crippen LogP contribution in [0, 0.1) is 0 Å². The largest absolute Gasteiger partial charge is 0.359 e. The molecule has 0 aromatic carbocycles. The Balaban J connectivity index is 3.96. The monoisotopic (exact) mass is 429 g/mol. The molecule has 30 heavy (non-hydrogen) atoms. The first-order valence-electron chi connectivity index (χ1n) is 11.1. The molecule has 0 saturated carbocycles. The zero-order valence-electron chi connectivity index (χ0n) is 19.1. The number of rotatable bonds is 20. The van der Waals surface area contributed by atoms with Crippen molar-refractivity contribution in [2.75, 3.05) is 79.0 Å². The van der Waals surface area contributed by atoms with E-state index in [1.54, 1.807) is 7.05 Å². The fourth-order valence-corrected chi connectivity index (χ4v) is 2.72. The second kappa shape index (κ2) is 20.5. The highest BCUT2D eigenvalue weighted by atomic mass is 16.2. The lowest BCUT2D eigenvalue weighted by molar-refractivity contribution is -0.122. The molecule has 0 spiro atoms. The normalized spacial score (nSPS) is 10.8.